The van der Waals surface area contributed by atoms with Crippen molar-refractivity contribution in [3.63, 3.8) is 0 Å². The number of Topliss-reactive ketones (excluding diaryl/α,β-unsaturated/α-hetero) is 1. The fraction of sp³-hybridized carbons (Fsp3) is 0.714. The Bertz CT molecular complexity index is 634. The molecule has 4 aliphatic rings. The van der Waals surface area contributed by atoms with E-state index in [1.807, 2.05) is 6.08 Å². The fourth-order valence-electron chi connectivity index (χ4n) is 6.87. The van der Waals surface area contributed by atoms with Crippen LogP contribution in [-0.4, -0.2) is 41.1 Å². The third-order valence-electron chi connectivity index (χ3n) is 8.05. The number of allylic oxidation sites excluding steroid dienone is 4. The molecule has 0 aromatic carbocycles. The van der Waals surface area contributed by atoms with E-state index in [0.29, 0.717) is 17.6 Å². The second kappa shape index (κ2) is 6.21. The zero-order chi connectivity index (χ0) is 16.4. The van der Waals surface area contributed by atoms with Crippen LogP contribution in [0.3, 0.4) is 0 Å². The van der Waals surface area contributed by atoms with Crippen molar-refractivity contribution in [1.82, 2.24) is 0 Å². The van der Waals surface area contributed by atoms with Crippen molar-refractivity contribution in [2.24, 2.45) is 34.5 Å². The van der Waals surface area contributed by atoms with Crippen molar-refractivity contribution in [3.8, 4) is 0 Å². The van der Waals surface area contributed by atoms with Gasteiger partial charge in [-0.3, -0.25) is 9.59 Å². The summed E-state index contributed by atoms with van der Waals surface area (Å²) in [5.74, 6) is 2.91. The Morgan fingerprint density at radius 1 is 1.12 bits per heavy atom. The van der Waals surface area contributed by atoms with Gasteiger partial charge in [-0.25, -0.2) is 0 Å². The van der Waals surface area contributed by atoms with Gasteiger partial charge in [0.2, 0.25) is 0 Å². The van der Waals surface area contributed by atoms with E-state index < -0.39 is 0 Å². The first-order valence-corrected chi connectivity index (χ1v) is 9.31. The summed E-state index contributed by atoms with van der Waals surface area (Å²) < 4.78 is 0. The molecule has 6 atom stereocenters. The summed E-state index contributed by atoms with van der Waals surface area (Å²) in [5, 5.41) is 0. The Morgan fingerprint density at radius 3 is 2.58 bits per heavy atom. The molecule has 0 saturated heterocycles. The van der Waals surface area contributed by atoms with E-state index in [1.54, 1.807) is 13.0 Å². The number of rotatable bonds is 1. The molecule has 1 radical (unpaired) electrons. The molecule has 0 bridgehead atoms. The summed E-state index contributed by atoms with van der Waals surface area (Å²) in [7, 11) is 0. The smallest absolute Gasteiger partial charge is 0.178 e. The van der Waals surface area contributed by atoms with Gasteiger partial charge in [-0.2, -0.15) is 0 Å². The van der Waals surface area contributed by atoms with Crippen molar-refractivity contribution in [3.05, 3.63) is 23.8 Å². The molecule has 0 unspecified atom stereocenters. The molecule has 0 spiro atoms. The van der Waals surface area contributed by atoms with Gasteiger partial charge in [-0.05, 0) is 80.8 Å². The van der Waals surface area contributed by atoms with Gasteiger partial charge in [0.25, 0.3) is 0 Å². The van der Waals surface area contributed by atoms with Crippen LogP contribution >= 0.6 is 0 Å². The van der Waals surface area contributed by atoms with Crippen molar-refractivity contribution in [1.29, 1.82) is 0 Å². The Morgan fingerprint density at radius 2 is 1.88 bits per heavy atom. The van der Waals surface area contributed by atoms with E-state index in [-0.39, 0.29) is 52.1 Å². The molecular formula is C21H28NaO2. The van der Waals surface area contributed by atoms with Gasteiger partial charge in [0.1, 0.15) is 5.78 Å². The van der Waals surface area contributed by atoms with Crippen LogP contribution in [0.25, 0.3) is 0 Å². The molecule has 125 valence electrons. The molecule has 4 aliphatic carbocycles. The number of carbonyl (C=O) groups is 2. The molecule has 3 saturated carbocycles. The molecule has 0 N–H and O–H groups in total. The van der Waals surface area contributed by atoms with Crippen LogP contribution in [0.5, 0.6) is 0 Å². The standard InChI is InChI=1S/C21H28O2.Na/c1-13(22)17-6-7-18-16-5-4-14-12-15(23)8-10-20(14,2)19(16)9-11-21(17,18)3;/h8,10,12,16-19H,4-7,9,11H2,1-3H3;/t16-,17+,18-,19-,20-,21+;/m0./s1. The Kier molecular flexibility index (Phi) is 4.82. The quantitative estimate of drug-likeness (QED) is 0.676. The third-order valence-corrected chi connectivity index (χ3v) is 8.05. The van der Waals surface area contributed by atoms with E-state index >= 15 is 0 Å². The topological polar surface area (TPSA) is 34.1 Å². The second-order valence-corrected chi connectivity index (χ2v) is 8.89. The maximum atomic E-state index is 12.1. The van der Waals surface area contributed by atoms with Gasteiger partial charge in [-0.1, -0.05) is 25.5 Å². The maximum absolute atomic E-state index is 12.1. The van der Waals surface area contributed by atoms with E-state index in [1.165, 1.54) is 31.3 Å². The average molecular weight is 335 g/mol. The zero-order valence-electron chi connectivity index (χ0n) is 15.6. The molecule has 0 aromatic rings. The Labute approximate surface area is 167 Å². The van der Waals surface area contributed by atoms with E-state index in [0.717, 1.165) is 18.8 Å². The molecular weight excluding hydrogens is 307 g/mol. The number of hydrogen-bond donors (Lipinski definition) is 0. The Hall–Kier alpha value is -0.180. The minimum atomic E-state index is 0. The molecule has 3 heteroatoms. The summed E-state index contributed by atoms with van der Waals surface area (Å²) in [6, 6.07) is 0. The van der Waals surface area contributed by atoms with Gasteiger partial charge in [0, 0.05) is 40.9 Å². The van der Waals surface area contributed by atoms with Gasteiger partial charge in [-0.15, -0.1) is 0 Å². The molecule has 2 nitrogen and oxygen atoms in total. The summed E-state index contributed by atoms with van der Waals surface area (Å²) in [4.78, 5) is 23.9. The number of hydrogen-bond acceptors (Lipinski definition) is 2. The fourth-order valence-corrected chi connectivity index (χ4v) is 6.87. The molecule has 0 aliphatic heterocycles. The average Bonchev–Trinajstić information content (AvgIpc) is 2.85. The first kappa shape index (κ1) is 18.6. The first-order valence-electron chi connectivity index (χ1n) is 9.31. The summed E-state index contributed by atoms with van der Waals surface area (Å²) in [5.41, 5.74) is 1.65. The van der Waals surface area contributed by atoms with E-state index in [2.05, 4.69) is 19.9 Å². The zero-order valence-corrected chi connectivity index (χ0v) is 17.6. The van der Waals surface area contributed by atoms with Gasteiger partial charge >= 0.3 is 0 Å². The molecule has 3 fully saturated rings. The first-order chi connectivity index (χ1) is 10.9. The predicted molar refractivity (Wildman–Crippen MR) is 96.5 cm³/mol. The maximum Gasteiger partial charge on any atom is 0.178 e. The number of carbonyl (C=O) groups excluding carboxylic acids is 2. The van der Waals surface area contributed by atoms with Crippen LogP contribution in [0.1, 0.15) is 59.3 Å². The van der Waals surface area contributed by atoms with Crippen LogP contribution in [-0.2, 0) is 9.59 Å². The summed E-state index contributed by atoms with van der Waals surface area (Å²) >= 11 is 0. The van der Waals surface area contributed by atoms with Gasteiger partial charge in [0.05, 0.1) is 0 Å². The molecule has 0 heterocycles. The van der Waals surface area contributed by atoms with Crippen molar-refractivity contribution < 1.29 is 9.59 Å². The minimum absolute atomic E-state index is 0. The Balaban J connectivity index is 0.00000169. The minimum Gasteiger partial charge on any atom is -0.300 e. The predicted octanol–water partition coefficient (Wildman–Crippen LogP) is 4.12. The number of fused-ring (bicyclic) bond motifs is 5. The van der Waals surface area contributed by atoms with E-state index in [4.69, 9.17) is 0 Å². The molecule has 0 aromatic heterocycles. The van der Waals surface area contributed by atoms with Crippen molar-refractivity contribution in [2.75, 3.05) is 0 Å². The summed E-state index contributed by atoms with van der Waals surface area (Å²) in [6.45, 7) is 6.53. The monoisotopic (exact) mass is 335 g/mol. The largest absolute Gasteiger partial charge is 0.300 e. The van der Waals surface area contributed by atoms with E-state index in [9.17, 15) is 9.59 Å². The van der Waals surface area contributed by atoms with Crippen LogP contribution < -0.4 is 0 Å². The van der Waals surface area contributed by atoms with Crippen LogP contribution in [0.2, 0.25) is 0 Å². The normalized spacial score (nSPS) is 46.3. The second-order valence-electron chi connectivity index (χ2n) is 8.89. The summed E-state index contributed by atoms with van der Waals surface area (Å²) in [6.07, 6.45) is 12.8. The SMILES string of the molecule is CC(=O)[C@H]1CC[C@H]2[C@@H]3CCC4=CC(=O)C=C[C@]4(C)[C@H]3CC[C@]12C.[Na]. The van der Waals surface area contributed by atoms with Crippen LogP contribution in [0.15, 0.2) is 23.8 Å². The van der Waals surface area contributed by atoms with Gasteiger partial charge < -0.3 is 0 Å². The molecule has 4 rings (SSSR count). The van der Waals surface area contributed by atoms with Gasteiger partial charge in [0.15, 0.2) is 5.78 Å². The van der Waals surface area contributed by atoms with Crippen LogP contribution in [0, 0.1) is 34.5 Å². The molecule has 24 heavy (non-hydrogen) atoms. The number of ketones is 2. The van der Waals surface area contributed by atoms with Crippen LogP contribution in [0.4, 0.5) is 0 Å². The van der Waals surface area contributed by atoms with Crippen molar-refractivity contribution in [2.45, 2.75) is 59.3 Å². The third kappa shape index (κ3) is 2.47. The molecule has 0 amide bonds. The van der Waals surface area contributed by atoms with Crippen molar-refractivity contribution >= 4 is 41.1 Å².